The van der Waals surface area contributed by atoms with Crippen LogP contribution in [0.25, 0.3) is 0 Å². The van der Waals surface area contributed by atoms with Crippen molar-refractivity contribution in [2.75, 3.05) is 0 Å². The smallest absolute Gasteiger partial charge is 0.133 e. The van der Waals surface area contributed by atoms with Gasteiger partial charge in [-0.2, -0.15) is 5.10 Å². The van der Waals surface area contributed by atoms with Crippen LogP contribution in [0.1, 0.15) is 41.8 Å². The second-order valence-corrected chi connectivity index (χ2v) is 5.65. The molecule has 2 aromatic rings. The Bertz CT molecular complexity index is 599. The number of hydrogen-bond donors (Lipinski definition) is 0. The summed E-state index contributed by atoms with van der Waals surface area (Å²) in [5.41, 5.74) is 4.76. The van der Waals surface area contributed by atoms with Crippen molar-refractivity contribution < 1.29 is 4.79 Å². The number of nitrogens with zero attached hydrogens (tertiary/aromatic N) is 2. The minimum atomic E-state index is 0.355. The van der Waals surface area contributed by atoms with Crippen molar-refractivity contribution in [3.63, 3.8) is 0 Å². The Balaban J connectivity index is 1.75. The van der Waals surface area contributed by atoms with Crippen molar-refractivity contribution >= 4 is 5.78 Å². The largest absolute Gasteiger partial charge is 0.300 e. The average molecular weight is 284 g/mol. The molecule has 0 unspecified atom stereocenters. The van der Waals surface area contributed by atoms with Gasteiger partial charge in [0.25, 0.3) is 0 Å². The minimum absolute atomic E-state index is 0.355. The first-order valence-electron chi connectivity index (χ1n) is 7.62. The Labute approximate surface area is 127 Å². The summed E-state index contributed by atoms with van der Waals surface area (Å²) in [6.45, 7) is 4.08. The Morgan fingerprint density at radius 3 is 2.43 bits per heavy atom. The lowest BCUT2D eigenvalue weighted by Crippen LogP contribution is -2.02. The third-order valence-electron chi connectivity index (χ3n) is 4.08. The molecule has 0 fully saturated rings. The standard InChI is InChI=1S/C18H24N2O/c1-14-18(15(2)20(3)19-14)13-12-17(21)11-7-10-16-8-5-4-6-9-16/h4-6,8-9H,7,10-13H2,1-3H3. The molecule has 3 heteroatoms. The molecule has 112 valence electrons. The first-order chi connectivity index (χ1) is 10.1. The van der Waals surface area contributed by atoms with Crippen LogP contribution in [0.5, 0.6) is 0 Å². The van der Waals surface area contributed by atoms with E-state index in [2.05, 4.69) is 24.2 Å². The summed E-state index contributed by atoms with van der Waals surface area (Å²) in [4.78, 5) is 12.0. The summed E-state index contributed by atoms with van der Waals surface area (Å²) >= 11 is 0. The molecule has 0 saturated carbocycles. The highest BCUT2D eigenvalue weighted by molar-refractivity contribution is 5.78. The van der Waals surface area contributed by atoms with Crippen LogP contribution in [0, 0.1) is 13.8 Å². The maximum Gasteiger partial charge on any atom is 0.133 e. The number of ketones is 1. The zero-order valence-corrected chi connectivity index (χ0v) is 13.2. The van der Waals surface area contributed by atoms with Crippen LogP contribution in [0.4, 0.5) is 0 Å². The highest BCUT2D eigenvalue weighted by Gasteiger charge is 2.11. The molecule has 0 N–H and O–H groups in total. The molecule has 2 rings (SSSR count). The van der Waals surface area contributed by atoms with Crippen LogP contribution in [0.2, 0.25) is 0 Å². The zero-order valence-electron chi connectivity index (χ0n) is 13.2. The second-order valence-electron chi connectivity index (χ2n) is 5.65. The van der Waals surface area contributed by atoms with Crippen LogP contribution in [-0.4, -0.2) is 15.6 Å². The topological polar surface area (TPSA) is 34.9 Å². The van der Waals surface area contributed by atoms with Crippen molar-refractivity contribution in [1.29, 1.82) is 0 Å². The highest BCUT2D eigenvalue weighted by Crippen LogP contribution is 2.15. The Kier molecular flexibility index (Phi) is 5.32. The molecule has 1 heterocycles. The quantitative estimate of drug-likeness (QED) is 0.779. The van der Waals surface area contributed by atoms with Gasteiger partial charge in [-0.3, -0.25) is 9.48 Å². The van der Waals surface area contributed by atoms with Crippen LogP contribution in [0.15, 0.2) is 30.3 Å². The highest BCUT2D eigenvalue weighted by atomic mass is 16.1. The number of aryl methyl sites for hydroxylation is 3. The van der Waals surface area contributed by atoms with Crippen molar-refractivity contribution in [1.82, 2.24) is 9.78 Å². The Morgan fingerprint density at radius 2 is 1.81 bits per heavy atom. The molecule has 21 heavy (non-hydrogen) atoms. The van der Waals surface area contributed by atoms with E-state index in [1.54, 1.807) is 0 Å². The molecule has 0 amide bonds. The van der Waals surface area contributed by atoms with E-state index in [9.17, 15) is 4.79 Å². The fourth-order valence-electron chi connectivity index (χ4n) is 2.70. The van der Waals surface area contributed by atoms with Gasteiger partial charge in [-0.15, -0.1) is 0 Å². The SMILES string of the molecule is Cc1nn(C)c(C)c1CCC(=O)CCCc1ccccc1. The number of hydrogen-bond acceptors (Lipinski definition) is 2. The fraction of sp³-hybridized carbons (Fsp3) is 0.444. The van der Waals surface area contributed by atoms with Gasteiger partial charge in [0.15, 0.2) is 0 Å². The van der Waals surface area contributed by atoms with Gasteiger partial charge in [0, 0.05) is 25.6 Å². The Hall–Kier alpha value is -1.90. The van der Waals surface area contributed by atoms with E-state index in [4.69, 9.17) is 0 Å². The summed E-state index contributed by atoms with van der Waals surface area (Å²) < 4.78 is 1.89. The summed E-state index contributed by atoms with van der Waals surface area (Å²) in [7, 11) is 1.95. The molecule has 0 spiro atoms. The van der Waals surface area contributed by atoms with Crippen molar-refractivity contribution in [3.8, 4) is 0 Å². The first kappa shape index (κ1) is 15.5. The van der Waals surface area contributed by atoms with Crippen LogP contribution in [-0.2, 0) is 24.7 Å². The van der Waals surface area contributed by atoms with E-state index >= 15 is 0 Å². The van der Waals surface area contributed by atoms with E-state index in [0.29, 0.717) is 18.6 Å². The zero-order chi connectivity index (χ0) is 15.2. The number of Topliss-reactive ketones (excluding diaryl/α,β-unsaturated/α-hetero) is 1. The number of rotatable bonds is 7. The molecular formula is C18H24N2O. The van der Waals surface area contributed by atoms with Gasteiger partial charge in [-0.05, 0) is 44.2 Å². The maximum absolute atomic E-state index is 12.0. The third kappa shape index (κ3) is 4.28. The van der Waals surface area contributed by atoms with Crippen molar-refractivity contribution in [3.05, 3.63) is 52.8 Å². The summed E-state index contributed by atoms with van der Waals surface area (Å²) in [5.74, 6) is 0.355. The minimum Gasteiger partial charge on any atom is -0.300 e. The van der Waals surface area contributed by atoms with Crippen LogP contribution in [0.3, 0.4) is 0 Å². The number of carbonyl (C=O) groups excluding carboxylic acids is 1. The number of benzene rings is 1. The normalized spacial score (nSPS) is 10.8. The van der Waals surface area contributed by atoms with Gasteiger partial charge in [-0.25, -0.2) is 0 Å². The van der Waals surface area contributed by atoms with E-state index in [1.165, 1.54) is 16.8 Å². The van der Waals surface area contributed by atoms with Crippen LogP contribution >= 0.6 is 0 Å². The molecule has 0 aliphatic carbocycles. The molecule has 0 bridgehead atoms. The molecule has 1 aromatic carbocycles. The average Bonchev–Trinajstić information content (AvgIpc) is 2.71. The van der Waals surface area contributed by atoms with Gasteiger partial charge in [0.2, 0.25) is 0 Å². The lowest BCUT2D eigenvalue weighted by atomic mass is 10.0. The van der Waals surface area contributed by atoms with E-state index < -0.39 is 0 Å². The second kappa shape index (κ2) is 7.21. The first-order valence-corrected chi connectivity index (χ1v) is 7.62. The van der Waals surface area contributed by atoms with Gasteiger partial charge < -0.3 is 0 Å². The summed E-state index contributed by atoms with van der Waals surface area (Å²) in [5, 5.41) is 4.40. The van der Waals surface area contributed by atoms with Crippen molar-refractivity contribution in [2.24, 2.45) is 7.05 Å². The fourth-order valence-corrected chi connectivity index (χ4v) is 2.70. The number of carbonyl (C=O) groups is 1. The van der Waals surface area contributed by atoms with E-state index in [1.807, 2.05) is 36.9 Å². The predicted octanol–water partition coefficient (Wildman–Crippen LogP) is 3.56. The lowest BCUT2D eigenvalue weighted by molar-refractivity contribution is -0.119. The molecular weight excluding hydrogens is 260 g/mol. The number of aromatic nitrogens is 2. The van der Waals surface area contributed by atoms with Crippen LogP contribution < -0.4 is 0 Å². The molecule has 0 saturated heterocycles. The van der Waals surface area contributed by atoms with E-state index in [-0.39, 0.29) is 0 Å². The molecule has 0 atom stereocenters. The van der Waals surface area contributed by atoms with Gasteiger partial charge in [-0.1, -0.05) is 30.3 Å². The molecule has 0 radical (unpaired) electrons. The maximum atomic E-state index is 12.0. The molecule has 1 aromatic heterocycles. The van der Waals surface area contributed by atoms with Gasteiger partial charge >= 0.3 is 0 Å². The lowest BCUT2D eigenvalue weighted by Gasteiger charge is -2.03. The molecule has 0 aliphatic heterocycles. The Morgan fingerprint density at radius 1 is 1.10 bits per heavy atom. The third-order valence-corrected chi connectivity index (χ3v) is 4.08. The van der Waals surface area contributed by atoms with Crippen molar-refractivity contribution in [2.45, 2.75) is 46.0 Å². The molecule has 3 nitrogen and oxygen atoms in total. The predicted molar refractivity (Wildman–Crippen MR) is 85.4 cm³/mol. The summed E-state index contributed by atoms with van der Waals surface area (Å²) in [6.07, 6.45) is 4.04. The monoisotopic (exact) mass is 284 g/mol. The summed E-state index contributed by atoms with van der Waals surface area (Å²) in [6, 6.07) is 10.4. The molecule has 0 aliphatic rings. The van der Waals surface area contributed by atoms with E-state index in [0.717, 1.165) is 25.0 Å². The van der Waals surface area contributed by atoms with Gasteiger partial charge in [0.1, 0.15) is 5.78 Å². The van der Waals surface area contributed by atoms with Gasteiger partial charge in [0.05, 0.1) is 5.69 Å².